The number of non-ortho nitro benzene ring substituents is 1. The van der Waals surface area contributed by atoms with E-state index in [-0.39, 0.29) is 24.0 Å². The van der Waals surface area contributed by atoms with Gasteiger partial charge in [-0.25, -0.2) is 9.97 Å². The number of imidazole rings is 1. The van der Waals surface area contributed by atoms with Gasteiger partial charge >= 0.3 is 0 Å². The highest BCUT2D eigenvalue weighted by Gasteiger charge is 2.19. The molecule has 0 fully saturated rings. The Balaban J connectivity index is 0.00000324. The van der Waals surface area contributed by atoms with Crippen molar-refractivity contribution in [3.05, 3.63) is 87.5 Å². The van der Waals surface area contributed by atoms with Crippen molar-refractivity contribution in [3.8, 4) is 0 Å². The first-order valence-corrected chi connectivity index (χ1v) is 11.4. The molecule has 0 radical (unpaired) electrons. The Morgan fingerprint density at radius 1 is 1.32 bits per heavy atom. The summed E-state index contributed by atoms with van der Waals surface area (Å²) in [5, 5.41) is 12.2. The number of nitro groups is 1. The van der Waals surface area contributed by atoms with E-state index in [4.69, 9.17) is 16.6 Å². The molecule has 8 nitrogen and oxygen atoms in total. The minimum Gasteiger partial charge on any atom is -0.337 e. The molecule has 0 bridgehead atoms. The van der Waals surface area contributed by atoms with E-state index in [9.17, 15) is 14.9 Å². The topological polar surface area (TPSA) is 94.2 Å². The van der Waals surface area contributed by atoms with Gasteiger partial charge in [-0.3, -0.25) is 19.8 Å². The number of carbonyl (C=O) groups is 1. The summed E-state index contributed by atoms with van der Waals surface area (Å²) in [4.78, 5) is 34.1. The molecule has 0 aliphatic carbocycles. The van der Waals surface area contributed by atoms with E-state index in [1.54, 1.807) is 35.6 Å². The zero-order valence-electron chi connectivity index (χ0n) is 18.1. The molecule has 34 heavy (non-hydrogen) atoms. The molecule has 4 aromatic rings. The number of benzene rings is 2. The number of halogens is 2. The molecule has 0 aliphatic heterocycles. The minimum absolute atomic E-state index is 0. The number of aryl methyl sites for hydroxylation is 2. The second-order valence-electron chi connectivity index (χ2n) is 7.37. The Morgan fingerprint density at radius 2 is 2.15 bits per heavy atom. The summed E-state index contributed by atoms with van der Waals surface area (Å²) in [5.41, 5.74) is 2.30. The van der Waals surface area contributed by atoms with Gasteiger partial charge in [0, 0.05) is 43.7 Å². The molecule has 0 saturated carbocycles. The van der Waals surface area contributed by atoms with Crippen LogP contribution in [0.15, 0.2) is 61.2 Å². The number of carbonyl (C=O) groups excluding carboxylic acids is 1. The highest BCUT2D eigenvalue weighted by Crippen LogP contribution is 2.35. The number of amides is 1. The first-order valence-electron chi connectivity index (χ1n) is 10.2. The number of anilines is 1. The number of nitro benzene ring substituents is 1. The van der Waals surface area contributed by atoms with Gasteiger partial charge in [-0.05, 0) is 36.6 Å². The Hall–Kier alpha value is -3.27. The third kappa shape index (κ3) is 5.80. The average Bonchev–Trinajstić information content (AvgIpc) is 3.48. The quantitative estimate of drug-likeness (QED) is 0.164. The van der Waals surface area contributed by atoms with E-state index in [0.29, 0.717) is 35.2 Å². The molecule has 176 valence electrons. The first kappa shape index (κ1) is 25.4. The fourth-order valence-corrected chi connectivity index (χ4v) is 4.68. The molecule has 2 heterocycles. The highest BCUT2D eigenvalue weighted by atomic mass is 35.5. The van der Waals surface area contributed by atoms with Gasteiger partial charge in [-0.15, -0.1) is 12.4 Å². The van der Waals surface area contributed by atoms with E-state index in [1.807, 2.05) is 29.8 Å². The maximum Gasteiger partial charge on any atom is 0.270 e. The molecule has 0 N–H and O–H groups in total. The second kappa shape index (κ2) is 11.2. The first-order chi connectivity index (χ1) is 15.9. The summed E-state index contributed by atoms with van der Waals surface area (Å²) in [6.45, 7) is 3.09. The van der Waals surface area contributed by atoms with Gasteiger partial charge in [0.1, 0.15) is 0 Å². The van der Waals surface area contributed by atoms with Gasteiger partial charge in [0.2, 0.25) is 0 Å². The number of thiazole rings is 1. The number of hydrogen-bond acceptors (Lipinski definition) is 6. The highest BCUT2D eigenvalue weighted by molar-refractivity contribution is 7.23. The van der Waals surface area contributed by atoms with Crippen molar-refractivity contribution < 1.29 is 9.72 Å². The Kier molecular flexibility index (Phi) is 8.38. The van der Waals surface area contributed by atoms with Crippen LogP contribution >= 0.6 is 35.3 Å². The summed E-state index contributed by atoms with van der Waals surface area (Å²) < 4.78 is 2.78. The largest absolute Gasteiger partial charge is 0.337 e. The number of aromatic nitrogens is 3. The van der Waals surface area contributed by atoms with Crippen molar-refractivity contribution in [3.63, 3.8) is 0 Å². The van der Waals surface area contributed by atoms with Crippen molar-refractivity contribution >= 4 is 68.4 Å². The maximum atomic E-state index is 13.2. The van der Waals surface area contributed by atoms with Crippen LogP contribution in [0.3, 0.4) is 0 Å². The summed E-state index contributed by atoms with van der Waals surface area (Å²) >= 11 is 7.74. The van der Waals surface area contributed by atoms with Crippen LogP contribution in [-0.4, -0.2) is 31.9 Å². The number of rotatable bonds is 8. The lowest BCUT2D eigenvalue weighted by Crippen LogP contribution is -2.30. The molecule has 11 heteroatoms. The van der Waals surface area contributed by atoms with E-state index >= 15 is 0 Å². The average molecular weight is 518 g/mol. The van der Waals surface area contributed by atoms with Crippen LogP contribution < -0.4 is 4.90 Å². The van der Waals surface area contributed by atoms with E-state index < -0.39 is 4.92 Å². The van der Waals surface area contributed by atoms with Crippen molar-refractivity contribution in [1.82, 2.24) is 14.5 Å². The van der Waals surface area contributed by atoms with E-state index in [1.165, 1.54) is 29.5 Å². The number of hydrogen-bond donors (Lipinski definition) is 0. The Labute approximate surface area is 211 Å². The second-order valence-corrected chi connectivity index (χ2v) is 8.75. The Bertz CT molecular complexity index is 1300. The number of nitrogens with zero attached hydrogens (tertiary/aromatic N) is 5. The van der Waals surface area contributed by atoms with Gasteiger partial charge < -0.3 is 4.57 Å². The van der Waals surface area contributed by atoms with Gasteiger partial charge in [-0.2, -0.15) is 0 Å². The lowest BCUT2D eigenvalue weighted by molar-refractivity contribution is -0.384. The van der Waals surface area contributed by atoms with Gasteiger partial charge in [0.15, 0.2) is 5.13 Å². The molecular formula is C23H21Cl2N5O3S. The standard InChI is InChI=1S/C23H20ClN5O3S.ClH/c1-16-6-8-19(24)22-21(16)26-23(33-22)28(12-3-11-27-13-10-25-15-27)20(30)9-7-17-4-2-5-18(14-17)29(31)32;/h2,4-10,13-15H,3,11-12H2,1H3;1H/b9-7+;. The van der Waals surface area contributed by atoms with Crippen LogP contribution in [0.1, 0.15) is 17.5 Å². The molecule has 0 saturated heterocycles. The predicted molar refractivity (Wildman–Crippen MR) is 138 cm³/mol. The fraction of sp³-hybridized carbons (Fsp3) is 0.174. The van der Waals surface area contributed by atoms with E-state index in [0.717, 1.165) is 15.8 Å². The maximum absolute atomic E-state index is 13.2. The lowest BCUT2D eigenvalue weighted by atomic mass is 10.2. The van der Waals surface area contributed by atoms with Crippen LogP contribution in [0, 0.1) is 17.0 Å². The fourth-order valence-electron chi connectivity index (χ4n) is 3.34. The van der Waals surface area contributed by atoms with Crippen LogP contribution in [0.25, 0.3) is 16.3 Å². The van der Waals surface area contributed by atoms with Crippen molar-refractivity contribution in [2.24, 2.45) is 0 Å². The molecule has 2 aromatic heterocycles. The third-order valence-electron chi connectivity index (χ3n) is 5.04. The molecule has 0 unspecified atom stereocenters. The molecule has 0 spiro atoms. The summed E-state index contributed by atoms with van der Waals surface area (Å²) in [5.74, 6) is -0.264. The van der Waals surface area contributed by atoms with Crippen molar-refractivity contribution in [2.75, 3.05) is 11.4 Å². The minimum atomic E-state index is -0.464. The molecular weight excluding hydrogens is 497 g/mol. The molecule has 4 rings (SSSR count). The lowest BCUT2D eigenvalue weighted by Gasteiger charge is -2.18. The van der Waals surface area contributed by atoms with Gasteiger partial charge in [0.05, 0.1) is 26.5 Å². The smallest absolute Gasteiger partial charge is 0.270 e. The van der Waals surface area contributed by atoms with Gasteiger partial charge in [-0.1, -0.05) is 41.1 Å². The molecule has 1 amide bonds. The van der Waals surface area contributed by atoms with E-state index in [2.05, 4.69) is 4.98 Å². The molecule has 2 aromatic carbocycles. The monoisotopic (exact) mass is 517 g/mol. The van der Waals surface area contributed by atoms with Crippen LogP contribution in [0.2, 0.25) is 5.02 Å². The van der Waals surface area contributed by atoms with Crippen LogP contribution in [-0.2, 0) is 11.3 Å². The summed E-state index contributed by atoms with van der Waals surface area (Å²) in [6.07, 6.45) is 8.99. The van der Waals surface area contributed by atoms with Gasteiger partial charge in [0.25, 0.3) is 11.6 Å². The van der Waals surface area contributed by atoms with Crippen molar-refractivity contribution in [1.29, 1.82) is 0 Å². The Morgan fingerprint density at radius 3 is 2.85 bits per heavy atom. The normalized spacial score (nSPS) is 11.0. The van der Waals surface area contributed by atoms with Crippen LogP contribution in [0.4, 0.5) is 10.8 Å². The number of fused-ring (bicyclic) bond motifs is 1. The molecule has 0 atom stereocenters. The van der Waals surface area contributed by atoms with Crippen molar-refractivity contribution in [2.45, 2.75) is 19.9 Å². The SMILES string of the molecule is Cc1ccc(Cl)c2sc(N(CCCn3ccnc3)C(=O)/C=C/c3cccc([N+](=O)[O-])c3)nc12.Cl. The summed E-state index contributed by atoms with van der Waals surface area (Å²) in [7, 11) is 0. The third-order valence-corrected chi connectivity index (χ3v) is 6.58. The zero-order valence-corrected chi connectivity index (χ0v) is 20.5. The predicted octanol–water partition coefficient (Wildman–Crippen LogP) is 5.92. The summed E-state index contributed by atoms with van der Waals surface area (Å²) in [6, 6.07) is 9.86. The van der Waals surface area contributed by atoms with Crippen LogP contribution in [0.5, 0.6) is 0 Å². The molecule has 0 aliphatic rings. The zero-order chi connectivity index (χ0) is 23.4.